The quantitative estimate of drug-likeness (QED) is 0.184. The SMILES string of the molecule is COc1nc(-c2ccnc(-c3cccc(NC(=O)c4ccc(CO)cn4)c3C)c2Cl)ccc1CN(C[C@@H]1CCC(=O)N1)C(=O)OC(C)(C)C. The number of benzene rings is 1. The average molecular weight is 687 g/mol. The van der Waals surface area contributed by atoms with Crippen molar-refractivity contribution >= 4 is 35.2 Å². The summed E-state index contributed by atoms with van der Waals surface area (Å²) in [7, 11) is 1.50. The lowest BCUT2D eigenvalue weighted by molar-refractivity contribution is -0.119. The van der Waals surface area contributed by atoms with Gasteiger partial charge in [-0.3, -0.25) is 19.6 Å². The standard InChI is InChI=1S/C36H39ClN6O6/c1-21-25(7-6-8-27(21)41-33(46)29-12-9-22(20-44)17-39-29)32-31(37)26(15-16-38-32)28-13-10-23(34(42-28)48-5)18-43(35(47)49-36(2,3)4)19-24-11-14-30(45)40-24/h6-10,12-13,15-17,24,44H,11,14,18-20H2,1-5H3,(H,40,45)(H,41,46)/t24-/m0/s1. The van der Waals surface area contributed by atoms with Gasteiger partial charge in [0.2, 0.25) is 11.8 Å². The third kappa shape index (κ3) is 8.51. The second-order valence-electron chi connectivity index (χ2n) is 12.7. The van der Waals surface area contributed by atoms with Crippen molar-refractivity contribution in [2.45, 2.75) is 65.3 Å². The Morgan fingerprint density at radius 1 is 1.10 bits per heavy atom. The van der Waals surface area contributed by atoms with Crippen LogP contribution in [0.3, 0.4) is 0 Å². The molecule has 49 heavy (non-hydrogen) atoms. The highest BCUT2D eigenvalue weighted by atomic mass is 35.5. The summed E-state index contributed by atoms with van der Waals surface area (Å²) in [5, 5.41) is 15.4. The summed E-state index contributed by atoms with van der Waals surface area (Å²) in [5.74, 6) is -0.134. The highest BCUT2D eigenvalue weighted by Crippen LogP contribution is 2.38. The zero-order valence-electron chi connectivity index (χ0n) is 28.0. The van der Waals surface area contributed by atoms with Crippen molar-refractivity contribution in [1.82, 2.24) is 25.2 Å². The van der Waals surface area contributed by atoms with Gasteiger partial charge in [-0.2, -0.15) is 0 Å². The number of halogens is 1. The van der Waals surface area contributed by atoms with Crippen LogP contribution in [0.15, 0.2) is 60.9 Å². The number of aliphatic hydroxyl groups is 1. The number of hydrogen-bond donors (Lipinski definition) is 3. The molecule has 1 atom stereocenters. The van der Waals surface area contributed by atoms with Gasteiger partial charge in [0.25, 0.3) is 5.91 Å². The number of hydrogen-bond acceptors (Lipinski definition) is 9. The smallest absolute Gasteiger partial charge is 0.410 e. The molecular weight excluding hydrogens is 648 g/mol. The molecule has 13 heteroatoms. The lowest BCUT2D eigenvalue weighted by atomic mass is 10.0. The molecule has 0 bridgehead atoms. The Balaban J connectivity index is 1.41. The van der Waals surface area contributed by atoms with Crippen LogP contribution < -0.4 is 15.4 Å². The van der Waals surface area contributed by atoms with Gasteiger partial charge in [0, 0.05) is 53.8 Å². The third-order valence-corrected chi connectivity index (χ3v) is 8.30. The summed E-state index contributed by atoms with van der Waals surface area (Å²) in [6.45, 7) is 7.52. The summed E-state index contributed by atoms with van der Waals surface area (Å²) in [5.41, 5.74) is 4.42. The summed E-state index contributed by atoms with van der Waals surface area (Å²) in [6.07, 6.45) is 3.62. The Morgan fingerprint density at radius 2 is 1.90 bits per heavy atom. The fraction of sp³-hybridized carbons (Fsp3) is 0.333. The molecule has 0 spiro atoms. The summed E-state index contributed by atoms with van der Waals surface area (Å²) in [4.78, 5) is 53.0. The summed E-state index contributed by atoms with van der Waals surface area (Å²) in [6, 6.07) is 13.8. The van der Waals surface area contributed by atoms with Crippen LogP contribution >= 0.6 is 11.6 Å². The molecule has 0 radical (unpaired) electrons. The first kappa shape index (κ1) is 35.2. The third-order valence-electron chi connectivity index (χ3n) is 7.91. The summed E-state index contributed by atoms with van der Waals surface area (Å²) >= 11 is 7.00. The monoisotopic (exact) mass is 686 g/mol. The number of methoxy groups -OCH3 is 1. The fourth-order valence-corrected chi connectivity index (χ4v) is 5.74. The van der Waals surface area contributed by atoms with Gasteiger partial charge >= 0.3 is 6.09 Å². The zero-order chi connectivity index (χ0) is 35.3. The maximum atomic E-state index is 13.2. The number of carbonyl (C=O) groups excluding carboxylic acids is 3. The minimum atomic E-state index is -0.704. The number of nitrogens with one attached hydrogen (secondary N) is 2. The molecule has 1 aromatic carbocycles. The van der Waals surface area contributed by atoms with Gasteiger partial charge < -0.3 is 30.1 Å². The van der Waals surface area contributed by atoms with Gasteiger partial charge in [-0.15, -0.1) is 0 Å². The minimum Gasteiger partial charge on any atom is -0.481 e. The van der Waals surface area contributed by atoms with Crippen LogP contribution in [-0.4, -0.2) is 68.2 Å². The number of aromatic nitrogens is 3. The number of aliphatic hydroxyl groups excluding tert-OH is 1. The van der Waals surface area contributed by atoms with Crippen molar-refractivity contribution in [2.75, 3.05) is 19.0 Å². The second kappa shape index (κ2) is 15.0. The number of amides is 3. The Morgan fingerprint density at radius 3 is 2.55 bits per heavy atom. The molecule has 256 valence electrons. The molecule has 1 saturated heterocycles. The largest absolute Gasteiger partial charge is 0.481 e. The molecule has 1 aliphatic heterocycles. The molecule has 0 saturated carbocycles. The topological polar surface area (TPSA) is 156 Å². The van der Waals surface area contributed by atoms with Crippen molar-refractivity contribution < 1.29 is 29.0 Å². The van der Waals surface area contributed by atoms with Crippen LogP contribution in [0.1, 0.15) is 60.8 Å². The molecule has 4 heterocycles. The van der Waals surface area contributed by atoms with E-state index in [0.717, 1.165) is 5.56 Å². The Bertz CT molecular complexity index is 1860. The first-order chi connectivity index (χ1) is 23.4. The molecule has 3 amide bonds. The van der Waals surface area contributed by atoms with Crippen molar-refractivity contribution in [1.29, 1.82) is 0 Å². The number of ether oxygens (including phenoxy) is 2. The first-order valence-corrected chi connectivity index (χ1v) is 16.2. The minimum absolute atomic E-state index is 0.0412. The van der Waals surface area contributed by atoms with Crippen molar-refractivity contribution in [3.8, 4) is 28.4 Å². The van der Waals surface area contributed by atoms with E-state index in [-0.39, 0.29) is 37.3 Å². The van der Waals surface area contributed by atoms with Crippen molar-refractivity contribution in [3.05, 3.63) is 88.3 Å². The van der Waals surface area contributed by atoms with Gasteiger partial charge in [-0.25, -0.2) is 9.78 Å². The van der Waals surface area contributed by atoms with Crippen LogP contribution in [-0.2, 0) is 22.7 Å². The maximum absolute atomic E-state index is 13.2. The molecule has 5 rings (SSSR count). The van der Waals surface area contributed by atoms with Gasteiger partial charge in [0.1, 0.15) is 11.3 Å². The number of rotatable bonds is 10. The molecule has 3 N–H and O–H groups in total. The van der Waals surface area contributed by atoms with Crippen LogP contribution in [0.4, 0.5) is 10.5 Å². The van der Waals surface area contributed by atoms with Gasteiger partial charge in [0.05, 0.1) is 36.7 Å². The zero-order valence-corrected chi connectivity index (χ0v) is 28.8. The highest BCUT2D eigenvalue weighted by molar-refractivity contribution is 6.35. The van der Waals surface area contributed by atoms with Gasteiger partial charge in [-0.1, -0.05) is 29.8 Å². The lowest BCUT2D eigenvalue weighted by Gasteiger charge is -2.29. The normalized spacial score (nSPS) is 14.3. The molecule has 0 aliphatic carbocycles. The van der Waals surface area contributed by atoms with Crippen LogP contribution in [0.25, 0.3) is 22.5 Å². The Kier molecular flexibility index (Phi) is 10.8. The van der Waals surface area contributed by atoms with E-state index in [4.69, 9.17) is 26.1 Å². The highest BCUT2D eigenvalue weighted by Gasteiger charge is 2.29. The van der Waals surface area contributed by atoms with Crippen LogP contribution in [0, 0.1) is 6.92 Å². The fourth-order valence-electron chi connectivity index (χ4n) is 5.43. The van der Waals surface area contributed by atoms with E-state index in [1.54, 1.807) is 68.3 Å². The lowest BCUT2D eigenvalue weighted by Crippen LogP contribution is -2.43. The van der Waals surface area contributed by atoms with E-state index < -0.39 is 17.6 Å². The second-order valence-corrected chi connectivity index (χ2v) is 13.1. The summed E-state index contributed by atoms with van der Waals surface area (Å²) < 4.78 is 11.3. The number of nitrogens with zero attached hydrogens (tertiary/aromatic N) is 4. The Hall–Kier alpha value is -5.07. The number of pyridine rings is 3. The first-order valence-electron chi connectivity index (χ1n) is 15.8. The number of anilines is 1. The number of carbonyl (C=O) groups is 3. The Labute approximate surface area is 289 Å². The van der Waals surface area contributed by atoms with Crippen LogP contribution in [0.5, 0.6) is 5.88 Å². The van der Waals surface area contributed by atoms with Gasteiger partial charge in [-0.05, 0) is 75.6 Å². The molecule has 0 unspecified atom stereocenters. The van der Waals surface area contributed by atoms with E-state index in [0.29, 0.717) is 63.1 Å². The molecule has 1 fully saturated rings. The van der Waals surface area contributed by atoms with E-state index in [1.165, 1.54) is 13.3 Å². The molecule has 4 aromatic rings. The molecule has 1 aliphatic rings. The predicted molar refractivity (Wildman–Crippen MR) is 185 cm³/mol. The van der Waals surface area contributed by atoms with Crippen LogP contribution in [0.2, 0.25) is 5.02 Å². The van der Waals surface area contributed by atoms with E-state index in [9.17, 15) is 19.5 Å². The van der Waals surface area contributed by atoms with E-state index in [1.807, 2.05) is 19.1 Å². The molecule has 12 nitrogen and oxygen atoms in total. The van der Waals surface area contributed by atoms with E-state index >= 15 is 0 Å². The maximum Gasteiger partial charge on any atom is 0.410 e. The average Bonchev–Trinajstić information content (AvgIpc) is 3.49. The van der Waals surface area contributed by atoms with Crippen molar-refractivity contribution in [2.24, 2.45) is 0 Å². The molecule has 3 aromatic heterocycles. The van der Waals surface area contributed by atoms with Crippen molar-refractivity contribution in [3.63, 3.8) is 0 Å². The molecular formula is C36H39ClN6O6. The van der Waals surface area contributed by atoms with Gasteiger partial charge in [0.15, 0.2) is 0 Å². The van der Waals surface area contributed by atoms with E-state index in [2.05, 4.69) is 20.6 Å². The predicted octanol–water partition coefficient (Wildman–Crippen LogP) is 5.94.